The topological polar surface area (TPSA) is 94.1 Å². The van der Waals surface area contributed by atoms with Crippen LogP contribution in [0.2, 0.25) is 0 Å². The fourth-order valence-corrected chi connectivity index (χ4v) is 6.58. The molecule has 0 aromatic carbocycles. The van der Waals surface area contributed by atoms with Crippen LogP contribution in [0.15, 0.2) is 36.5 Å². The number of esters is 1. The first-order valence-electron chi connectivity index (χ1n) is 21.7. The van der Waals surface area contributed by atoms with Gasteiger partial charge in [0.1, 0.15) is 19.3 Å². The maximum atomic E-state index is 12.7. The van der Waals surface area contributed by atoms with Gasteiger partial charge in [0.2, 0.25) is 0 Å². The zero-order valence-electron chi connectivity index (χ0n) is 35.2. The molecule has 0 N–H and O–H groups in total. The number of phosphoric acid groups is 1. The van der Waals surface area contributed by atoms with Gasteiger partial charge in [0.15, 0.2) is 0 Å². The van der Waals surface area contributed by atoms with Crippen molar-refractivity contribution in [2.75, 3.05) is 54.1 Å². The van der Waals surface area contributed by atoms with Crippen molar-refractivity contribution >= 4 is 13.8 Å². The van der Waals surface area contributed by atoms with Gasteiger partial charge in [-0.1, -0.05) is 166 Å². The number of carbonyl (C=O) groups is 1. The first kappa shape index (κ1) is 51.7. The Morgan fingerprint density at radius 3 is 1.64 bits per heavy atom. The minimum atomic E-state index is -4.53. The van der Waals surface area contributed by atoms with Crippen molar-refractivity contribution in [2.24, 2.45) is 0 Å². The van der Waals surface area contributed by atoms with Crippen molar-refractivity contribution in [1.82, 2.24) is 0 Å². The summed E-state index contributed by atoms with van der Waals surface area (Å²) in [6, 6.07) is 0. The molecule has 0 saturated carbocycles. The summed E-state index contributed by atoms with van der Waals surface area (Å²) in [6.07, 6.45) is 42.9. The van der Waals surface area contributed by atoms with Gasteiger partial charge in [-0.05, 0) is 44.9 Å². The molecule has 0 aromatic heterocycles. The van der Waals surface area contributed by atoms with Crippen LogP contribution in [0.3, 0.4) is 0 Å². The second-order valence-electron chi connectivity index (χ2n) is 15.7. The molecule has 0 rings (SSSR count). The van der Waals surface area contributed by atoms with E-state index in [2.05, 4.69) is 50.3 Å². The number of rotatable bonds is 40. The average molecular weight is 770 g/mol. The number of allylic oxidation sites excluding steroid dienone is 6. The SMILES string of the molecule is CC/C=C\C/C=C\C/C=C\CCCCCCCC(=O)O[C@H](COCCCCCCCCCCCCCCCCCC)COP(=O)([O-])OCC[N+](C)(C)C. The monoisotopic (exact) mass is 770 g/mol. The highest BCUT2D eigenvalue weighted by atomic mass is 31.2. The number of phosphoric ester groups is 1. The van der Waals surface area contributed by atoms with Crippen LogP contribution in [0.1, 0.15) is 181 Å². The Kier molecular flexibility index (Phi) is 36.7. The third kappa shape index (κ3) is 41.7. The predicted molar refractivity (Wildman–Crippen MR) is 222 cm³/mol. The van der Waals surface area contributed by atoms with Gasteiger partial charge in [-0.25, -0.2) is 0 Å². The number of quaternary nitrogens is 1. The van der Waals surface area contributed by atoms with Crippen molar-refractivity contribution < 1.29 is 37.3 Å². The summed E-state index contributed by atoms with van der Waals surface area (Å²) in [5.41, 5.74) is 0. The lowest BCUT2D eigenvalue weighted by atomic mass is 10.0. The number of hydrogen-bond acceptors (Lipinski definition) is 7. The van der Waals surface area contributed by atoms with E-state index >= 15 is 0 Å². The Labute approximate surface area is 327 Å². The van der Waals surface area contributed by atoms with E-state index in [1.807, 2.05) is 21.1 Å². The molecular weight excluding hydrogens is 685 g/mol. The zero-order valence-corrected chi connectivity index (χ0v) is 36.1. The molecule has 0 heterocycles. The van der Waals surface area contributed by atoms with Gasteiger partial charge in [0, 0.05) is 13.0 Å². The number of likely N-dealkylation sites (N-methyl/N-ethyl adjacent to an activating group) is 1. The second-order valence-corrected chi connectivity index (χ2v) is 17.1. The Morgan fingerprint density at radius 1 is 0.604 bits per heavy atom. The van der Waals surface area contributed by atoms with Gasteiger partial charge in [0.05, 0.1) is 34.4 Å². The number of nitrogens with zero attached hydrogens (tertiary/aromatic N) is 1. The predicted octanol–water partition coefficient (Wildman–Crippen LogP) is 12.0. The molecule has 53 heavy (non-hydrogen) atoms. The molecule has 0 aliphatic carbocycles. The van der Waals surface area contributed by atoms with Crippen molar-refractivity contribution in [3.05, 3.63) is 36.5 Å². The third-order valence-corrected chi connectivity index (χ3v) is 10.2. The lowest BCUT2D eigenvalue weighted by Gasteiger charge is -2.28. The molecule has 0 aliphatic rings. The quantitative estimate of drug-likeness (QED) is 0.0201. The van der Waals surface area contributed by atoms with Crippen LogP contribution in [-0.4, -0.2) is 70.7 Å². The van der Waals surface area contributed by atoms with Crippen LogP contribution in [0, 0.1) is 0 Å². The molecule has 8 nitrogen and oxygen atoms in total. The van der Waals surface area contributed by atoms with Crippen molar-refractivity contribution in [2.45, 2.75) is 187 Å². The molecular formula is C44H84NO7P. The van der Waals surface area contributed by atoms with E-state index in [0.29, 0.717) is 24.1 Å². The van der Waals surface area contributed by atoms with E-state index < -0.39 is 13.9 Å². The number of unbranched alkanes of at least 4 members (excludes halogenated alkanes) is 20. The normalized spacial score (nSPS) is 14.2. The molecule has 0 spiro atoms. The van der Waals surface area contributed by atoms with Gasteiger partial charge in [-0.2, -0.15) is 0 Å². The highest BCUT2D eigenvalue weighted by Gasteiger charge is 2.20. The summed E-state index contributed by atoms with van der Waals surface area (Å²) >= 11 is 0. The summed E-state index contributed by atoms with van der Waals surface area (Å²) in [7, 11) is 1.35. The molecule has 0 aromatic rings. The Balaban J connectivity index is 4.25. The first-order chi connectivity index (χ1) is 25.6. The molecule has 2 atom stereocenters. The Bertz CT molecular complexity index is 947. The molecule has 0 fully saturated rings. The van der Waals surface area contributed by atoms with Crippen LogP contribution in [-0.2, 0) is 27.9 Å². The van der Waals surface area contributed by atoms with Gasteiger partial charge in [-0.15, -0.1) is 0 Å². The fourth-order valence-electron chi connectivity index (χ4n) is 5.85. The van der Waals surface area contributed by atoms with Gasteiger partial charge >= 0.3 is 5.97 Å². The molecule has 0 bridgehead atoms. The number of hydrogen-bond donors (Lipinski definition) is 0. The number of carbonyl (C=O) groups excluding carboxylic acids is 1. The van der Waals surface area contributed by atoms with Crippen molar-refractivity contribution in [3.63, 3.8) is 0 Å². The minimum absolute atomic E-state index is 0.0231. The van der Waals surface area contributed by atoms with Crippen LogP contribution in [0.4, 0.5) is 0 Å². The summed E-state index contributed by atoms with van der Waals surface area (Å²) in [5, 5.41) is 0. The summed E-state index contributed by atoms with van der Waals surface area (Å²) in [6.45, 7) is 5.29. The number of ether oxygens (including phenoxy) is 2. The molecule has 312 valence electrons. The Morgan fingerprint density at radius 2 is 1.09 bits per heavy atom. The van der Waals surface area contributed by atoms with Crippen molar-refractivity contribution in [1.29, 1.82) is 0 Å². The standard InChI is InChI=1S/C44H84NO7P/c1-6-8-10-12-14-16-18-20-22-24-26-28-30-32-34-36-39-49-41-43(42-51-53(47,48)50-40-38-45(3,4)5)52-44(46)37-35-33-31-29-27-25-23-21-19-17-15-13-11-9-7-2/h9,11,15,17,21,23,43H,6-8,10,12-14,16,18-20,22,24-42H2,1-5H3/b11-9-,17-15-,23-21-/t43-/m1/s1. The van der Waals surface area contributed by atoms with E-state index in [0.717, 1.165) is 70.6 Å². The van der Waals surface area contributed by atoms with Crippen LogP contribution in [0.5, 0.6) is 0 Å². The average Bonchev–Trinajstić information content (AvgIpc) is 3.11. The molecule has 9 heteroatoms. The van der Waals surface area contributed by atoms with E-state index in [1.165, 1.54) is 89.9 Å². The maximum Gasteiger partial charge on any atom is 0.306 e. The van der Waals surface area contributed by atoms with E-state index in [-0.39, 0.29) is 25.8 Å². The lowest BCUT2D eigenvalue weighted by Crippen LogP contribution is -2.37. The second kappa shape index (κ2) is 37.6. The summed E-state index contributed by atoms with van der Waals surface area (Å²) in [4.78, 5) is 25.0. The smallest absolute Gasteiger partial charge is 0.306 e. The molecule has 1 unspecified atom stereocenters. The molecule has 0 amide bonds. The molecule has 0 radical (unpaired) electrons. The van der Waals surface area contributed by atoms with Crippen molar-refractivity contribution in [3.8, 4) is 0 Å². The van der Waals surface area contributed by atoms with Crippen LogP contribution >= 0.6 is 7.82 Å². The summed E-state index contributed by atoms with van der Waals surface area (Å²) in [5.74, 6) is -0.350. The highest BCUT2D eigenvalue weighted by Crippen LogP contribution is 2.38. The molecule has 0 saturated heterocycles. The van der Waals surface area contributed by atoms with E-state index in [9.17, 15) is 14.3 Å². The minimum Gasteiger partial charge on any atom is -0.756 e. The lowest BCUT2D eigenvalue weighted by molar-refractivity contribution is -0.870. The largest absolute Gasteiger partial charge is 0.756 e. The van der Waals surface area contributed by atoms with Gasteiger partial charge in [0.25, 0.3) is 7.82 Å². The zero-order chi connectivity index (χ0) is 39.1. The van der Waals surface area contributed by atoms with Crippen LogP contribution in [0.25, 0.3) is 0 Å². The summed E-state index contributed by atoms with van der Waals surface area (Å²) < 4.78 is 34.6. The maximum absolute atomic E-state index is 12.7. The molecule has 0 aliphatic heterocycles. The first-order valence-corrected chi connectivity index (χ1v) is 23.2. The van der Waals surface area contributed by atoms with Gasteiger partial charge < -0.3 is 27.9 Å². The Hall–Kier alpha value is -1.28. The van der Waals surface area contributed by atoms with E-state index in [1.54, 1.807) is 0 Å². The van der Waals surface area contributed by atoms with E-state index in [4.69, 9.17) is 18.5 Å². The third-order valence-electron chi connectivity index (χ3n) is 9.21. The fraction of sp³-hybridized carbons (Fsp3) is 0.841. The highest BCUT2D eigenvalue weighted by molar-refractivity contribution is 7.45. The van der Waals surface area contributed by atoms with Gasteiger partial charge in [-0.3, -0.25) is 9.36 Å². The van der Waals surface area contributed by atoms with Crippen LogP contribution < -0.4 is 4.89 Å².